The van der Waals surface area contributed by atoms with Gasteiger partial charge in [-0.05, 0) is 37.8 Å². The highest BCUT2D eigenvalue weighted by Crippen LogP contribution is 2.27. The zero-order valence-electron chi connectivity index (χ0n) is 10.0. The molecule has 0 heterocycles. The molecule has 88 valence electrons. The van der Waals surface area contributed by atoms with Gasteiger partial charge in [-0.2, -0.15) is 0 Å². The quantitative estimate of drug-likeness (QED) is 0.814. The summed E-state index contributed by atoms with van der Waals surface area (Å²) in [7, 11) is 0. The predicted octanol–water partition coefficient (Wildman–Crippen LogP) is 2.46. The molecule has 1 fully saturated rings. The molecule has 3 atom stereocenters. The smallest absolute Gasteiger partial charge is 0.0294 e. The fourth-order valence-corrected chi connectivity index (χ4v) is 2.70. The lowest BCUT2D eigenvalue weighted by Crippen LogP contribution is -2.37. The van der Waals surface area contributed by atoms with Crippen molar-refractivity contribution < 1.29 is 0 Å². The molecular formula is C14H22N2. The summed E-state index contributed by atoms with van der Waals surface area (Å²) in [5, 5.41) is 3.72. The first-order valence-corrected chi connectivity index (χ1v) is 6.32. The third-order valence-corrected chi connectivity index (χ3v) is 3.73. The Kier molecular flexibility index (Phi) is 3.97. The molecule has 0 bridgehead atoms. The number of hydrogen-bond donors (Lipinski definition) is 2. The maximum absolute atomic E-state index is 5.80. The topological polar surface area (TPSA) is 38.0 Å². The van der Waals surface area contributed by atoms with Crippen molar-refractivity contribution in [2.75, 3.05) is 6.54 Å². The highest BCUT2D eigenvalue weighted by molar-refractivity contribution is 5.18. The molecular weight excluding hydrogens is 196 g/mol. The molecule has 1 aliphatic carbocycles. The van der Waals surface area contributed by atoms with Gasteiger partial charge in [0.1, 0.15) is 0 Å². The van der Waals surface area contributed by atoms with Crippen LogP contribution in [0.5, 0.6) is 0 Å². The fraction of sp³-hybridized carbons (Fsp3) is 0.571. The highest BCUT2D eigenvalue weighted by Gasteiger charge is 2.26. The Hall–Kier alpha value is -0.860. The van der Waals surface area contributed by atoms with Gasteiger partial charge in [0, 0.05) is 12.1 Å². The maximum atomic E-state index is 5.80. The summed E-state index contributed by atoms with van der Waals surface area (Å²) in [6, 6.07) is 11.7. The number of nitrogens with two attached hydrogens (primary N) is 1. The number of nitrogens with one attached hydrogen (secondary N) is 1. The van der Waals surface area contributed by atoms with E-state index in [1.54, 1.807) is 0 Å². The Morgan fingerprint density at radius 1 is 1.31 bits per heavy atom. The van der Waals surface area contributed by atoms with Gasteiger partial charge in [-0.3, -0.25) is 0 Å². The van der Waals surface area contributed by atoms with Crippen molar-refractivity contribution >= 4 is 0 Å². The molecule has 1 aromatic carbocycles. The third kappa shape index (κ3) is 2.63. The molecule has 2 heteroatoms. The minimum atomic E-state index is 0.429. The van der Waals surface area contributed by atoms with Crippen LogP contribution in [0, 0.1) is 5.92 Å². The highest BCUT2D eigenvalue weighted by atomic mass is 15.0. The lowest BCUT2D eigenvalue weighted by Gasteiger charge is -2.24. The van der Waals surface area contributed by atoms with Crippen molar-refractivity contribution in [3.8, 4) is 0 Å². The van der Waals surface area contributed by atoms with E-state index in [1.165, 1.54) is 24.8 Å². The van der Waals surface area contributed by atoms with Crippen molar-refractivity contribution in [2.24, 2.45) is 11.7 Å². The average molecular weight is 218 g/mol. The van der Waals surface area contributed by atoms with Crippen LogP contribution in [0.2, 0.25) is 0 Å². The average Bonchev–Trinajstić information content (AvgIpc) is 2.77. The van der Waals surface area contributed by atoms with Gasteiger partial charge in [0.25, 0.3) is 0 Å². The van der Waals surface area contributed by atoms with Gasteiger partial charge < -0.3 is 11.1 Å². The van der Waals surface area contributed by atoms with Crippen molar-refractivity contribution in [3.63, 3.8) is 0 Å². The second-order valence-corrected chi connectivity index (χ2v) is 4.83. The molecule has 16 heavy (non-hydrogen) atoms. The third-order valence-electron chi connectivity index (χ3n) is 3.73. The van der Waals surface area contributed by atoms with E-state index < -0.39 is 0 Å². The molecule has 1 aromatic rings. The first-order chi connectivity index (χ1) is 7.81. The second-order valence-electron chi connectivity index (χ2n) is 4.83. The molecule has 0 aromatic heterocycles. The molecule has 1 aliphatic rings. The van der Waals surface area contributed by atoms with E-state index in [9.17, 15) is 0 Å². The molecule has 2 nitrogen and oxygen atoms in total. The molecule has 2 rings (SSSR count). The van der Waals surface area contributed by atoms with E-state index in [0.717, 1.165) is 6.54 Å². The standard InChI is InChI=1S/C14H22N2/c1-11(12-6-3-2-4-7-12)16-14-9-5-8-13(14)10-15/h2-4,6-7,11,13-14,16H,5,8-10,15H2,1H3. The predicted molar refractivity (Wildman–Crippen MR) is 68.2 cm³/mol. The summed E-state index contributed by atoms with van der Waals surface area (Å²) in [5.74, 6) is 0.672. The molecule has 1 saturated carbocycles. The van der Waals surface area contributed by atoms with Gasteiger partial charge in [0.05, 0.1) is 0 Å². The minimum absolute atomic E-state index is 0.429. The van der Waals surface area contributed by atoms with Crippen LogP contribution in [-0.2, 0) is 0 Å². The summed E-state index contributed by atoms with van der Waals surface area (Å²) in [6.45, 7) is 3.06. The first-order valence-electron chi connectivity index (χ1n) is 6.32. The van der Waals surface area contributed by atoms with Crippen molar-refractivity contribution in [3.05, 3.63) is 35.9 Å². The summed E-state index contributed by atoms with van der Waals surface area (Å²) in [5.41, 5.74) is 7.16. The zero-order chi connectivity index (χ0) is 11.4. The van der Waals surface area contributed by atoms with Gasteiger partial charge in [-0.1, -0.05) is 36.8 Å². The van der Waals surface area contributed by atoms with Gasteiger partial charge >= 0.3 is 0 Å². The SMILES string of the molecule is CC(NC1CCCC1CN)c1ccccc1. The van der Waals surface area contributed by atoms with Crippen LogP contribution >= 0.6 is 0 Å². The van der Waals surface area contributed by atoms with Crippen molar-refractivity contribution in [2.45, 2.75) is 38.3 Å². The lowest BCUT2D eigenvalue weighted by atomic mass is 10.0. The molecule has 0 radical (unpaired) electrons. The number of hydrogen-bond acceptors (Lipinski definition) is 2. The van der Waals surface area contributed by atoms with Gasteiger partial charge in [-0.15, -0.1) is 0 Å². The van der Waals surface area contributed by atoms with Crippen LogP contribution in [0.1, 0.15) is 37.8 Å². The van der Waals surface area contributed by atoms with E-state index in [1.807, 2.05) is 0 Å². The van der Waals surface area contributed by atoms with Gasteiger partial charge in [-0.25, -0.2) is 0 Å². The van der Waals surface area contributed by atoms with E-state index in [0.29, 0.717) is 18.0 Å². The first kappa shape index (κ1) is 11.6. The van der Waals surface area contributed by atoms with E-state index in [4.69, 9.17) is 5.73 Å². The largest absolute Gasteiger partial charge is 0.330 e. The zero-order valence-corrected chi connectivity index (χ0v) is 10.0. The lowest BCUT2D eigenvalue weighted by molar-refractivity contribution is 0.374. The van der Waals surface area contributed by atoms with E-state index >= 15 is 0 Å². The monoisotopic (exact) mass is 218 g/mol. The maximum Gasteiger partial charge on any atom is 0.0294 e. The number of benzene rings is 1. The molecule has 3 N–H and O–H groups in total. The van der Waals surface area contributed by atoms with E-state index in [-0.39, 0.29) is 0 Å². The number of rotatable bonds is 4. The molecule has 3 unspecified atom stereocenters. The summed E-state index contributed by atoms with van der Waals surface area (Å²) >= 11 is 0. The van der Waals surface area contributed by atoms with Crippen LogP contribution in [0.4, 0.5) is 0 Å². The van der Waals surface area contributed by atoms with E-state index in [2.05, 4.69) is 42.6 Å². The Morgan fingerprint density at radius 3 is 2.75 bits per heavy atom. The van der Waals surface area contributed by atoms with Crippen LogP contribution in [0.25, 0.3) is 0 Å². The minimum Gasteiger partial charge on any atom is -0.330 e. The molecule has 0 aliphatic heterocycles. The second kappa shape index (κ2) is 5.46. The van der Waals surface area contributed by atoms with Crippen molar-refractivity contribution in [1.29, 1.82) is 0 Å². The normalized spacial score (nSPS) is 26.9. The van der Waals surface area contributed by atoms with Crippen LogP contribution in [0.15, 0.2) is 30.3 Å². The molecule has 0 saturated heterocycles. The Labute approximate surface area is 98.2 Å². The summed E-state index contributed by atoms with van der Waals surface area (Å²) in [4.78, 5) is 0. The van der Waals surface area contributed by atoms with Gasteiger partial charge in [0.2, 0.25) is 0 Å². The Bertz CT molecular complexity index is 310. The van der Waals surface area contributed by atoms with Gasteiger partial charge in [0.15, 0.2) is 0 Å². The fourth-order valence-electron chi connectivity index (χ4n) is 2.70. The van der Waals surface area contributed by atoms with Crippen LogP contribution < -0.4 is 11.1 Å². The van der Waals surface area contributed by atoms with Crippen LogP contribution in [-0.4, -0.2) is 12.6 Å². The molecule has 0 spiro atoms. The van der Waals surface area contributed by atoms with Crippen molar-refractivity contribution in [1.82, 2.24) is 5.32 Å². The van der Waals surface area contributed by atoms with Crippen LogP contribution in [0.3, 0.4) is 0 Å². The summed E-state index contributed by atoms with van der Waals surface area (Å²) in [6.07, 6.45) is 3.88. The molecule has 0 amide bonds. The summed E-state index contributed by atoms with van der Waals surface area (Å²) < 4.78 is 0. The Balaban J connectivity index is 1.94. The Morgan fingerprint density at radius 2 is 2.06 bits per heavy atom.